The van der Waals surface area contributed by atoms with Crippen LogP contribution in [-0.4, -0.2) is 67.6 Å². The first kappa shape index (κ1) is 22.7. The van der Waals surface area contributed by atoms with Crippen LogP contribution in [0, 0.1) is 0 Å². The molecule has 0 unspecified atom stereocenters. The Balaban J connectivity index is 0.000000321. The van der Waals surface area contributed by atoms with Crippen molar-refractivity contribution in [3.63, 3.8) is 0 Å². The summed E-state index contributed by atoms with van der Waals surface area (Å²) in [7, 11) is 0. The second kappa shape index (κ2) is 11.4. The van der Waals surface area contributed by atoms with E-state index in [0.29, 0.717) is 18.3 Å². The number of anilines is 1. The van der Waals surface area contributed by atoms with Crippen LogP contribution in [0.25, 0.3) is 0 Å². The lowest BCUT2D eigenvalue weighted by atomic mass is 10.0. The predicted octanol–water partition coefficient (Wildman–Crippen LogP) is 1.71. The Morgan fingerprint density at radius 1 is 1.17 bits per heavy atom. The molecule has 0 bridgehead atoms. The van der Waals surface area contributed by atoms with Gasteiger partial charge in [-0.3, -0.25) is 0 Å². The standard InChI is InChI=1S/C17H26N2O2.C4H4O4/c1-13(2)20-9-7-19-8-10-21-17-12-15-4-6-18-5-3-14(15)11-16(17)19;5-3(6)1-2-4(7)8/h11-13,18H,3-10H2,1-2H3;1-2H,(H,5,6)(H,7,8)/b;2-1+. The van der Waals surface area contributed by atoms with Crippen LogP contribution < -0.4 is 15.0 Å². The molecule has 29 heavy (non-hydrogen) atoms. The van der Waals surface area contributed by atoms with Crippen molar-refractivity contribution in [2.45, 2.75) is 32.8 Å². The quantitative estimate of drug-likeness (QED) is 0.613. The molecule has 3 rings (SSSR count). The lowest BCUT2D eigenvalue weighted by molar-refractivity contribution is -0.134. The number of nitrogens with zero attached hydrogens (tertiary/aromatic N) is 1. The third-order valence-electron chi connectivity index (χ3n) is 4.56. The van der Waals surface area contributed by atoms with E-state index in [1.165, 1.54) is 16.8 Å². The van der Waals surface area contributed by atoms with Gasteiger partial charge in [0.25, 0.3) is 0 Å². The smallest absolute Gasteiger partial charge is 0.328 e. The number of fused-ring (bicyclic) bond motifs is 2. The highest BCUT2D eigenvalue weighted by Crippen LogP contribution is 2.35. The second-order valence-electron chi connectivity index (χ2n) is 7.10. The number of nitrogens with one attached hydrogen (secondary N) is 1. The molecule has 0 radical (unpaired) electrons. The number of hydrogen-bond acceptors (Lipinski definition) is 6. The van der Waals surface area contributed by atoms with Gasteiger partial charge in [0.2, 0.25) is 0 Å². The predicted molar refractivity (Wildman–Crippen MR) is 110 cm³/mol. The van der Waals surface area contributed by atoms with Crippen molar-refractivity contribution in [1.82, 2.24) is 5.32 Å². The van der Waals surface area contributed by atoms with Crippen LogP contribution in [0.5, 0.6) is 5.75 Å². The van der Waals surface area contributed by atoms with Gasteiger partial charge in [0.05, 0.1) is 24.9 Å². The fourth-order valence-electron chi connectivity index (χ4n) is 3.21. The Hall–Kier alpha value is -2.58. The summed E-state index contributed by atoms with van der Waals surface area (Å²) in [6.07, 6.45) is 3.62. The van der Waals surface area contributed by atoms with Crippen LogP contribution in [0.15, 0.2) is 24.3 Å². The van der Waals surface area contributed by atoms with E-state index in [1.807, 2.05) is 0 Å². The van der Waals surface area contributed by atoms with Crippen molar-refractivity contribution in [3.8, 4) is 5.75 Å². The third-order valence-corrected chi connectivity index (χ3v) is 4.56. The molecule has 8 nitrogen and oxygen atoms in total. The first-order chi connectivity index (χ1) is 13.9. The van der Waals surface area contributed by atoms with Crippen LogP contribution in [0.2, 0.25) is 0 Å². The van der Waals surface area contributed by atoms with Gasteiger partial charge in [-0.05, 0) is 63.0 Å². The number of carboxylic acid groups (broad SMARTS) is 2. The highest BCUT2D eigenvalue weighted by Gasteiger charge is 2.21. The molecule has 0 fully saturated rings. The second-order valence-corrected chi connectivity index (χ2v) is 7.10. The van der Waals surface area contributed by atoms with E-state index < -0.39 is 11.9 Å². The first-order valence-electron chi connectivity index (χ1n) is 9.86. The van der Waals surface area contributed by atoms with Gasteiger partial charge in [-0.2, -0.15) is 0 Å². The number of rotatable bonds is 6. The van der Waals surface area contributed by atoms with Crippen LogP contribution in [0.4, 0.5) is 5.69 Å². The highest BCUT2D eigenvalue weighted by molar-refractivity contribution is 5.89. The highest BCUT2D eigenvalue weighted by atomic mass is 16.5. The van der Waals surface area contributed by atoms with Gasteiger partial charge in [0.1, 0.15) is 12.4 Å². The molecule has 0 aliphatic carbocycles. The van der Waals surface area contributed by atoms with E-state index in [0.717, 1.165) is 58.0 Å². The summed E-state index contributed by atoms with van der Waals surface area (Å²) < 4.78 is 11.6. The minimum atomic E-state index is -1.26. The summed E-state index contributed by atoms with van der Waals surface area (Å²) in [5.74, 6) is -1.47. The normalized spacial score (nSPS) is 15.6. The fraction of sp³-hybridized carbons (Fsp3) is 0.524. The van der Waals surface area contributed by atoms with Gasteiger partial charge in [-0.15, -0.1) is 0 Å². The van der Waals surface area contributed by atoms with Crippen molar-refractivity contribution in [1.29, 1.82) is 0 Å². The van der Waals surface area contributed by atoms with E-state index in [1.54, 1.807) is 0 Å². The Morgan fingerprint density at radius 2 is 1.79 bits per heavy atom. The monoisotopic (exact) mass is 406 g/mol. The van der Waals surface area contributed by atoms with Gasteiger partial charge in [-0.1, -0.05) is 0 Å². The summed E-state index contributed by atoms with van der Waals surface area (Å²) >= 11 is 0. The molecule has 0 spiro atoms. The zero-order chi connectivity index (χ0) is 21.2. The summed E-state index contributed by atoms with van der Waals surface area (Å²) in [4.78, 5) is 21.5. The van der Waals surface area contributed by atoms with E-state index in [4.69, 9.17) is 19.7 Å². The Kier molecular flexibility index (Phi) is 8.95. The van der Waals surface area contributed by atoms with E-state index in [9.17, 15) is 9.59 Å². The minimum Gasteiger partial charge on any atom is -0.490 e. The van der Waals surface area contributed by atoms with Crippen LogP contribution in [0.3, 0.4) is 0 Å². The number of carbonyl (C=O) groups is 2. The van der Waals surface area contributed by atoms with Crippen LogP contribution in [-0.2, 0) is 27.2 Å². The first-order valence-corrected chi connectivity index (χ1v) is 9.86. The summed E-state index contributed by atoms with van der Waals surface area (Å²) in [6.45, 7) is 9.74. The summed E-state index contributed by atoms with van der Waals surface area (Å²) in [6, 6.07) is 4.60. The zero-order valence-electron chi connectivity index (χ0n) is 17.0. The Labute approximate surface area is 171 Å². The molecule has 0 amide bonds. The van der Waals surface area contributed by atoms with Gasteiger partial charge >= 0.3 is 11.9 Å². The van der Waals surface area contributed by atoms with E-state index in [2.05, 4.69) is 36.2 Å². The summed E-state index contributed by atoms with van der Waals surface area (Å²) in [5.41, 5.74) is 4.16. The molecule has 0 saturated carbocycles. The van der Waals surface area contributed by atoms with Crippen LogP contribution in [0.1, 0.15) is 25.0 Å². The number of carboxylic acids is 2. The molecule has 0 aromatic heterocycles. The molecule has 1 aromatic carbocycles. The topological polar surface area (TPSA) is 108 Å². The Bertz CT molecular complexity index is 716. The van der Waals surface area contributed by atoms with E-state index >= 15 is 0 Å². The lowest BCUT2D eigenvalue weighted by Crippen LogP contribution is -2.35. The number of ether oxygens (including phenoxy) is 2. The average Bonchev–Trinajstić information content (AvgIpc) is 2.90. The van der Waals surface area contributed by atoms with Crippen molar-refractivity contribution >= 4 is 17.6 Å². The number of hydrogen-bond donors (Lipinski definition) is 3. The molecule has 160 valence electrons. The largest absolute Gasteiger partial charge is 0.490 e. The van der Waals surface area contributed by atoms with Crippen molar-refractivity contribution < 1.29 is 29.3 Å². The van der Waals surface area contributed by atoms with Gasteiger partial charge in [0, 0.05) is 18.7 Å². The number of aliphatic carboxylic acids is 2. The van der Waals surface area contributed by atoms with Gasteiger partial charge < -0.3 is 29.9 Å². The maximum absolute atomic E-state index is 9.55. The van der Waals surface area contributed by atoms with Gasteiger partial charge in [0.15, 0.2) is 0 Å². The molecular formula is C21H30N2O6. The molecule has 0 saturated heterocycles. The molecule has 1 aromatic rings. The molecule has 2 aliphatic heterocycles. The lowest BCUT2D eigenvalue weighted by Gasteiger charge is -2.32. The Morgan fingerprint density at radius 3 is 2.38 bits per heavy atom. The fourth-order valence-corrected chi connectivity index (χ4v) is 3.21. The van der Waals surface area contributed by atoms with Gasteiger partial charge in [-0.25, -0.2) is 9.59 Å². The zero-order valence-corrected chi connectivity index (χ0v) is 17.0. The summed E-state index contributed by atoms with van der Waals surface area (Å²) in [5, 5.41) is 19.1. The maximum Gasteiger partial charge on any atom is 0.328 e. The molecule has 2 aliphatic rings. The van der Waals surface area contributed by atoms with Crippen LogP contribution >= 0.6 is 0 Å². The molecule has 2 heterocycles. The third kappa shape index (κ3) is 7.75. The average molecular weight is 406 g/mol. The SMILES string of the molecule is CC(C)OCCN1CCOc2cc3c(cc21)CCNCC3.O=C(O)/C=C/C(=O)O. The molecule has 0 atom stereocenters. The molecule has 3 N–H and O–H groups in total. The number of benzene rings is 1. The molecular weight excluding hydrogens is 376 g/mol. The van der Waals surface area contributed by atoms with Crippen molar-refractivity contribution in [3.05, 3.63) is 35.4 Å². The minimum absolute atomic E-state index is 0.295. The van der Waals surface area contributed by atoms with Crippen molar-refractivity contribution in [2.24, 2.45) is 0 Å². The maximum atomic E-state index is 9.55. The van der Waals surface area contributed by atoms with E-state index in [-0.39, 0.29) is 0 Å². The van der Waals surface area contributed by atoms with Crippen molar-refractivity contribution in [2.75, 3.05) is 44.3 Å². The molecule has 8 heteroatoms.